The fourth-order valence-electron chi connectivity index (χ4n) is 2.67. The van der Waals surface area contributed by atoms with Crippen molar-refractivity contribution in [2.24, 2.45) is 4.40 Å². The van der Waals surface area contributed by atoms with E-state index in [2.05, 4.69) is 4.40 Å². The zero-order valence-electron chi connectivity index (χ0n) is 12.5. The number of nitrogens with zero attached hydrogens (tertiary/aromatic N) is 1. The summed E-state index contributed by atoms with van der Waals surface area (Å²) in [5, 5.41) is 0.344. The molecule has 1 nitrogen and oxygen atoms in total. The van der Waals surface area contributed by atoms with Crippen molar-refractivity contribution in [3.63, 3.8) is 0 Å². The van der Waals surface area contributed by atoms with Crippen molar-refractivity contribution in [2.75, 3.05) is 0 Å². The maximum absolute atomic E-state index is 14.0. The zero-order chi connectivity index (χ0) is 17.5. The Morgan fingerprint density at radius 1 is 1.08 bits per heavy atom. The molecule has 0 bridgehead atoms. The summed E-state index contributed by atoms with van der Waals surface area (Å²) in [7, 11) is 0. The highest BCUT2D eigenvalue weighted by molar-refractivity contribution is 7.99. The van der Waals surface area contributed by atoms with Gasteiger partial charge in [-0.3, -0.25) is 0 Å². The molecule has 7 heteroatoms. The third kappa shape index (κ3) is 3.17. The fraction of sp³-hybridized carbons (Fsp3) is 0.235. The van der Waals surface area contributed by atoms with Crippen molar-refractivity contribution >= 4 is 40.9 Å². The van der Waals surface area contributed by atoms with Crippen LogP contribution >= 0.6 is 35.1 Å². The highest BCUT2D eigenvalue weighted by Crippen LogP contribution is 2.57. The Hall–Kier alpha value is -1.17. The minimum atomic E-state index is -4.50. The summed E-state index contributed by atoms with van der Waals surface area (Å²) < 4.78 is 43.8. The van der Waals surface area contributed by atoms with E-state index < -0.39 is 10.9 Å². The van der Waals surface area contributed by atoms with E-state index in [0.717, 1.165) is 5.56 Å². The van der Waals surface area contributed by atoms with Crippen LogP contribution in [-0.4, -0.2) is 11.9 Å². The Balaban J connectivity index is 2.05. The first-order valence-electron chi connectivity index (χ1n) is 7.07. The predicted molar refractivity (Wildman–Crippen MR) is 94.1 cm³/mol. The smallest absolute Gasteiger partial charge is 0.219 e. The van der Waals surface area contributed by atoms with Gasteiger partial charge in [0.15, 0.2) is 4.75 Å². The van der Waals surface area contributed by atoms with E-state index >= 15 is 0 Å². The molecule has 0 fully saturated rings. The number of aryl methyl sites for hydroxylation is 1. The normalized spacial score (nSPS) is 21.0. The second-order valence-electron chi connectivity index (χ2n) is 5.66. The average molecular weight is 390 g/mol. The molecular formula is C17H12Cl2F3NS. The first-order chi connectivity index (χ1) is 11.2. The van der Waals surface area contributed by atoms with Crippen molar-refractivity contribution in [3.8, 4) is 0 Å². The molecule has 3 rings (SSSR count). The van der Waals surface area contributed by atoms with Crippen LogP contribution in [0, 0.1) is 6.92 Å². The van der Waals surface area contributed by atoms with Gasteiger partial charge >= 0.3 is 6.18 Å². The molecule has 0 saturated heterocycles. The molecule has 1 unspecified atom stereocenters. The summed E-state index contributed by atoms with van der Waals surface area (Å²) in [6.07, 6.45) is -4.76. The summed E-state index contributed by atoms with van der Waals surface area (Å²) in [6.45, 7) is 1.89. The Morgan fingerprint density at radius 2 is 1.75 bits per heavy atom. The summed E-state index contributed by atoms with van der Waals surface area (Å²) in [4.78, 5) is 0. The van der Waals surface area contributed by atoms with Gasteiger partial charge in [0, 0.05) is 16.5 Å². The molecular weight excluding hydrogens is 378 g/mol. The van der Waals surface area contributed by atoms with Gasteiger partial charge in [0.05, 0.1) is 5.71 Å². The van der Waals surface area contributed by atoms with Crippen molar-refractivity contribution < 1.29 is 13.2 Å². The third-order valence-electron chi connectivity index (χ3n) is 3.87. The predicted octanol–water partition coefficient (Wildman–Crippen LogP) is 6.60. The van der Waals surface area contributed by atoms with Gasteiger partial charge in [-0.1, -0.05) is 53.0 Å². The Bertz CT molecular complexity index is 799. The minimum absolute atomic E-state index is 0.0175. The van der Waals surface area contributed by atoms with Gasteiger partial charge in [0.25, 0.3) is 0 Å². The highest BCUT2D eigenvalue weighted by atomic mass is 35.5. The molecule has 1 atom stereocenters. The van der Waals surface area contributed by atoms with Crippen molar-refractivity contribution in [1.29, 1.82) is 0 Å². The molecule has 0 amide bonds. The maximum Gasteiger partial charge on any atom is 0.409 e. The lowest BCUT2D eigenvalue weighted by Crippen LogP contribution is -2.38. The topological polar surface area (TPSA) is 12.4 Å². The van der Waals surface area contributed by atoms with Crippen LogP contribution < -0.4 is 0 Å². The molecule has 0 aliphatic carbocycles. The molecule has 0 N–H and O–H groups in total. The van der Waals surface area contributed by atoms with Gasteiger partial charge in [-0.2, -0.15) is 13.2 Å². The molecule has 0 saturated carbocycles. The quantitative estimate of drug-likeness (QED) is 0.526. The van der Waals surface area contributed by atoms with Crippen molar-refractivity contribution in [2.45, 2.75) is 24.3 Å². The maximum atomic E-state index is 14.0. The molecule has 2 aromatic carbocycles. The van der Waals surface area contributed by atoms with Gasteiger partial charge < -0.3 is 0 Å². The van der Waals surface area contributed by atoms with Gasteiger partial charge in [0.1, 0.15) is 0 Å². The van der Waals surface area contributed by atoms with E-state index in [1.54, 1.807) is 6.07 Å². The van der Waals surface area contributed by atoms with Crippen LogP contribution in [0.2, 0.25) is 10.0 Å². The summed E-state index contributed by atoms with van der Waals surface area (Å²) >= 11 is 12.4. The van der Waals surface area contributed by atoms with E-state index in [0.29, 0.717) is 23.2 Å². The van der Waals surface area contributed by atoms with Gasteiger partial charge in [-0.25, -0.2) is 4.40 Å². The number of hydrogen-bond donors (Lipinski definition) is 0. The van der Waals surface area contributed by atoms with E-state index in [4.69, 9.17) is 23.2 Å². The summed E-state index contributed by atoms with van der Waals surface area (Å²) in [5.74, 6) is 0. The zero-order valence-corrected chi connectivity index (χ0v) is 14.8. The molecule has 126 valence electrons. The van der Waals surface area contributed by atoms with Crippen LogP contribution in [0.25, 0.3) is 0 Å². The lowest BCUT2D eigenvalue weighted by molar-refractivity contribution is -0.159. The summed E-state index contributed by atoms with van der Waals surface area (Å²) in [6, 6.07) is 11.3. The number of benzene rings is 2. The number of hydrogen-bond acceptors (Lipinski definition) is 2. The fourth-order valence-corrected chi connectivity index (χ4v) is 4.16. The number of halogens is 5. The molecule has 2 aromatic rings. The van der Waals surface area contributed by atoms with E-state index in [9.17, 15) is 13.2 Å². The number of rotatable bonds is 2. The first-order valence-corrected chi connectivity index (χ1v) is 8.60. The van der Waals surface area contributed by atoms with Crippen molar-refractivity contribution in [3.05, 3.63) is 69.2 Å². The SMILES string of the molecule is Cc1cccc(C2=NSC(c3cc(Cl)cc(Cl)c3)(C(F)(F)F)C2)c1. The Kier molecular flexibility index (Phi) is 4.62. The standard InChI is InChI=1S/C17H12Cl2F3NS/c1-10-3-2-4-11(5-10)15-9-16(24-23-15,17(20,21)22)12-6-13(18)8-14(19)7-12/h2-8H,9H2,1H3. The van der Waals surface area contributed by atoms with Gasteiger partial charge in [0.2, 0.25) is 0 Å². The largest absolute Gasteiger partial charge is 0.409 e. The van der Waals surface area contributed by atoms with Crippen LogP contribution in [-0.2, 0) is 4.75 Å². The number of alkyl halides is 3. The van der Waals surface area contributed by atoms with E-state index in [1.165, 1.54) is 18.2 Å². The van der Waals surface area contributed by atoms with Crippen LogP contribution in [0.4, 0.5) is 13.2 Å². The molecule has 0 spiro atoms. The lowest BCUT2D eigenvalue weighted by Gasteiger charge is -2.30. The minimum Gasteiger partial charge on any atom is -0.219 e. The first kappa shape index (κ1) is 17.6. The van der Waals surface area contributed by atoms with Crippen LogP contribution in [0.3, 0.4) is 0 Å². The molecule has 0 radical (unpaired) electrons. The Morgan fingerprint density at radius 3 is 2.33 bits per heavy atom. The van der Waals surface area contributed by atoms with Crippen LogP contribution in [0.15, 0.2) is 46.9 Å². The van der Waals surface area contributed by atoms with Crippen LogP contribution in [0.5, 0.6) is 0 Å². The molecule has 24 heavy (non-hydrogen) atoms. The van der Waals surface area contributed by atoms with Gasteiger partial charge in [-0.15, -0.1) is 0 Å². The Labute approximate surface area is 152 Å². The second-order valence-corrected chi connectivity index (χ2v) is 7.59. The lowest BCUT2D eigenvalue weighted by atomic mass is 9.89. The molecule has 0 aromatic heterocycles. The van der Waals surface area contributed by atoms with E-state index in [1.807, 2.05) is 25.1 Å². The molecule has 1 heterocycles. The van der Waals surface area contributed by atoms with Crippen molar-refractivity contribution in [1.82, 2.24) is 0 Å². The third-order valence-corrected chi connectivity index (χ3v) is 5.54. The van der Waals surface area contributed by atoms with E-state index in [-0.39, 0.29) is 22.0 Å². The second kappa shape index (κ2) is 6.28. The summed E-state index contributed by atoms with van der Waals surface area (Å²) in [5.41, 5.74) is 2.10. The highest BCUT2D eigenvalue weighted by Gasteiger charge is 2.60. The van der Waals surface area contributed by atoms with Crippen LogP contribution in [0.1, 0.15) is 23.1 Å². The molecule has 1 aliphatic heterocycles. The van der Waals surface area contributed by atoms with Gasteiger partial charge in [-0.05, 0) is 48.2 Å². The monoisotopic (exact) mass is 389 g/mol. The molecule has 1 aliphatic rings. The average Bonchev–Trinajstić information content (AvgIpc) is 2.92.